The van der Waals surface area contributed by atoms with Gasteiger partial charge in [0.1, 0.15) is 31.0 Å². The lowest BCUT2D eigenvalue weighted by molar-refractivity contribution is -0.297. The number of esters is 2. The van der Waals surface area contributed by atoms with Gasteiger partial charge in [-0.3, -0.25) is 9.59 Å². The van der Waals surface area contributed by atoms with Crippen molar-refractivity contribution >= 4 is 22.1 Å². The van der Waals surface area contributed by atoms with E-state index >= 15 is 0 Å². The summed E-state index contributed by atoms with van der Waals surface area (Å²) in [5.74, 6) is -2.19. The molecule has 3 N–H and O–H groups in total. The van der Waals surface area contributed by atoms with E-state index in [0.29, 0.717) is 19.3 Å². The predicted molar refractivity (Wildman–Crippen MR) is 227 cm³/mol. The van der Waals surface area contributed by atoms with Crippen molar-refractivity contribution < 1.29 is 56.8 Å². The molecule has 334 valence electrons. The molecule has 1 rings (SSSR count). The fourth-order valence-corrected chi connectivity index (χ4v) is 6.91. The Hall–Kier alpha value is -2.65. The van der Waals surface area contributed by atoms with Crippen molar-refractivity contribution in [1.29, 1.82) is 0 Å². The maximum absolute atomic E-state index is 12.8. The zero-order chi connectivity index (χ0) is 42.7. The van der Waals surface area contributed by atoms with Gasteiger partial charge in [0.15, 0.2) is 12.4 Å². The summed E-state index contributed by atoms with van der Waals surface area (Å²) < 4.78 is 55.7. The summed E-state index contributed by atoms with van der Waals surface area (Å²) >= 11 is 0. The molecule has 0 aromatic carbocycles. The topological polar surface area (TPSA) is 189 Å². The molecule has 58 heavy (non-hydrogen) atoms. The largest absolute Gasteiger partial charge is 0.748 e. The van der Waals surface area contributed by atoms with Crippen LogP contribution in [-0.2, 0) is 38.7 Å². The lowest BCUT2D eigenvalue weighted by Gasteiger charge is -2.40. The number of carbonyl (C=O) groups is 2. The number of ether oxygens (including phenoxy) is 4. The molecule has 12 nitrogen and oxygen atoms in total. The number of allylic oxidation sites excluding steroid dienone is 10. The molecular formula is C45H75O12S-. The first-order valence-electron chi connectivity index (χ1n) is 21.8. The van der Waals surface area contributed by atoms with Crippen molar-refractivity contribution in [2.75, 3.05) is 19.0 Å². The minimum absolute atomic E-state index is 0.134. The van der Waals surface area contributed by atoms with Crippen LogP contribution < -0.4 is 0 Å². The van der Waals surface area contributed by atoms with Crippen LogP contribution in [0.4, 0.5) is 0 Å². The van der Waals surface area contributed by atoms with Gasteiger partial charge in [-0.15, -0.1) is 0 Å². The van der Waals surface area contributed by atoms with Gasteiger partial charge in [0, 0.05) is 12.8 Å². The number of hydrogen-bond acceptors (Lipinski definition) is 12. The molecule has 6 atom stereocenters. The van der Waals surface area contributed by atoms with E-state index in [0.717, 1.165) is 51.4 Å². The van der Waals surface area contributed by atoms with Crippen molar-refractivity contribution in [3.05, 3.63) is 60.8 Å². The third kappa shape index (κ3) is 29.5. The summed E-state index contributed by atoms with van der Waals surface area (Å²) in [5.41, 5.74) is 0. The minimum atomic E-state index is -4.86. The maximum atomic E-state index is 12.8. The Morgan fingerprint density at radius 2 is 1.10 bits per heavy atom. The van der Waals surface area contributed by atoms with Crippen LogP contribution in [0.15, 0.2) is 60.8 Å². The Kier molecular flexibility index (Phi) is 32.3. The Bertz CT molecular complexity index is 1310. The number of carbonyl (C=O) groups excluding carboxylic acids is 2. The second-order valence-corrected chi connectivity index (χ2v) is 16.4. The van der Waals surface area contributed by atoms with Gasteiger partial charge in [-0.1, -0.05) is 152 Å². The van der Waals surface area contributed by atoms with Crippen LogP contribution in [0.3, 0.4) is 0 Å². The molecule has 1 fully saturated rings. The average Bonchev–Trinajstić information content (AvgIpc) is 3.18. The first-order chi connectivity index (χ1) is 28.0. The highest BCUT2D eigenvalue weighted by atomic mass is 32.2. The van der Waals surface area contributed by atoms with Crippen molar-refractivity contribution in [3.63, 3.8) is 0 Å². The zero-order valence-electron chi connectivity index (χ0n) is 35.3. The molecule has 0 amide bonds. The second-order valence-electron chi connectivity index (χ2n) is 15.0. The summed E-state index contributed by atoms with van der Waals surface area (Å²) in [7, 11) is -4.86. The molecule has 0 aromatic rings. The Morgan fingerprint density at radius 1 is 0.621 bits per heavy atom. The van der Waals surface area contributed by atoms with Gasteiger partial charge >= 0.3 is 11.9 Å². The van der Waals surface area contributed by atoms with E-state index in [1.165, 1.54) is 57.8 Å². The molecule has 1 aliphatic heterocycles. The first-order valence-corrected chi connectivity index (χ1v) is 23.4. The van der Waals surface area contributed by atoms with Gasteiger partial charge in [0.2, 0.25) is 0 Å². The fourth-order valence-electron chi connectivity index (χ4n) is 6.23. The Labute approximate surface area is 349 Å². The summed E-state index contributed by atoms with van der Waals surface area (Å²) in [6.07, 6.45) is 32.5. The highest BCUT2D eigenvalue weighted by Crippen LogP contribution is 2.24. The average molecular weight is 840 g/mol. The Balaban J connectivity index is 2.51. The van der Waals surface area contributed by atoms with E-state index in [9.17, 15) is 37.9 Å². The SMILES string of the molecule is CC/C=C\C/C=C\C/C=C\C/C=C\C/C=C\CCCC(=O)OCC(CO[C@H]1O[C@H](CS(=O)(=O)[O-])[C@@H](O)[C@H](O)[C@H]1O)OC(=O)CCCCCCCCCCCCCCC. The minimum Gasteiger partial charge on any atom is -0.748 e. The Morgan fingerprint density at radius 3 is 1.62 bits per heavy atom. The standard InChI is InChI=1S/C45H76O12S/c1-3-5-7-9-11-13-15-17-18-19-20-22-23-25-27-29-31-33-40(46)54-35-38(36-55-45-44(50)43(49)42(48)39(57-45)37-58(51,52)53)56-41(47)34-32-30-28-26-24-21-16-14-12-10-8-6-4-2/h5,7,11,13,17-18,20,22,25,27,38-39,42-45,48-50H,3-4,6,8-10,12,14-16,19,21,23-24,26,28-37H2,1-2H3,(H,51,52,53)/p-1/b7-5-,13-11-,18-17-,22-20-,27-25-/t38?,39-,42-,43+,44-,45+/m1/s1. The highest BCUT2D eigenvalue weighted by Gasteiger charge is 2.45. The number of aliphatic hydroxyl groups excluding tert-OH is 3. The van der Waals surface area contributed by atoms with Crippen molar-refractivity contribution in [2.45, 2.75) is 192 Å². The van der Waals surface area contributed by atoms with E-state index in [1.54, 1.807) is 0 Å². The first kappa shape index (κ1) is 53.4. The molecule has 0 aliphatic carbocycles. The summed E-state index contributed by atoms with van der Waals surface area (Å²) in [6.45, 7) is 3.55. The van der Waals surface area contributed by atoms with Crippen LogP contribution in [0.1, 0.15) is 155 Å². The molecule has 1 saturated heterocycles. The van der Waals surface area contributed by atoms with E-state index in [4.69, 9.17) is 18.9 Å². The molecule has 1 unspecified atom stereocenters. The fraction of sp³-hybridized carbons (Fsp3) is 0.733. The van der Waals surface area contributed by atoms with E-state index in [1.807, 2.05) is 12.2 Å². The van der Waals surface area contributed by atoms with Crippen molar-refractivity contribution in [1.82, 2.24) is 0 Å². The molecule has 1 heterocycles. The van der Waals surface area contributed by atoms with Gasteiger partial charge in [-0.2, -0.15) is 0 Å². The third-order valence-corrected chi connectivity index (χ3v) is 10.3. The molecule has 1 aliphatic rings. The van der Waals surface area contributed by atoms with Crippen LogP contribution in [0.25, 0.3) is 0 Å². The molecular weight excluding hydrogens is 765 g/mol. The van der Waals surface area contributed by atoms with Gasteiger partial charge in [-0.25, -0.2) is 8.42 Å². The molecule has 0 spiro atoms. The van der Waals surface area contributed by atoms with Crippen LogP contribution in [0.2, 0.25) is 0 Å². The van der Waals surface area contributed by atoms with Gasteiger partial charge < -0.3 is 38.8 Å². The number of aliphatic hydroxyl groups is 3. The van der Waals surface area contributed by atoms with Crippen molar-refractivity contribution in [2.24, 2.45) is 0 Å². The predicted octanol–water partition coefficient (Wildman–Crippen LogP) is 8.21. The van der Waals surface area contributed by atoms with Crippen LogP contribution in [-0.4, -0.2) is 96.0 Å². The number of rotatable bonds is 35. The third-order valence-electron chi connectivity index (χ3n) is 9.61. The molecule has 0 radical (unpaired) electrons. The van der Waals surface area contributed by atoms with Gasteiger partial charge in [0.05, 0.1) is 22.5 Å². The van der Waals surface area contributed by atoms with Crippen LogP contribution >= 0.6 is 0 Å². The summed E-state index contributed by atoms with van der Waals surface area (Å²) in [4.78, 5) is 25.3. The lowest BCUT2D eigenvalue weighted by atomic mass is 10.00. The zero-order valence-corrected chi connectivity index (χ0v) is 36.2. The maximum Gasteiger partial charge on any atom is 0.306 e. The normalized spacial score (nSPS) is 21.0. The summed E-state index contributed by atoms with van der Waals surface area (Å²) in [5, 5.41) is 30.8. The molecule has 0 saturated carbocycles. The number of hydrogen-bond donors (Lipinski definition) is 3. The summed E-state index contributed by atoms with van der Waals surface area (Å²) in [6, 6.07) is 0. The number of unbranched alkanes of at least 4 members (excludes halogenated alkanes) is 13. The van der Waals surface area contributed by atoms with E-state index in [-0.39, 0.29) is 19.4 Å². The van der Waals surface area contributed by atoms with E-state index < -0.39 is 71.2 Å². The quantitative estimate of drug-likeness (QED) is 0.0241. The molecule has 13 heteroatoms. The van der Waals surface area contributed by atoms with E-state index in [2.05, 4.69) is 62.5 Å². The van der Waals surface area contributed by atoms with Crippen LogP contribution in [0, 0.1) is 0 Å². The molecule has 0 aromatic heterocycles. The van der Waals surface area contributed by atoms with Gasteiger partial charge in [-0.05, 0) is 51.4 Å². The smallest absolute Gasteiger partial charge is 0.306 e. The molecule has 0 bridgehead atoms. The van der Waals surface area contributed by atoms with Crippen LogP contribution in [0.5, 0.6) is 0 Å². The lowest BCUT2D eigenvalue weighted by Crippen LogP contribution is -2.60. The highest BCUT2D eigenvalue weighted by molar-refractivity contribution is 7.85. The monoisotopic (exact) mass is 839 g/mol. The van der Waals surface area contributed by atoms with Crippen molar-refractivity contribution in [3.8, 4) is 0 Å². The second kappa shape index (κ2) is 35.1. The van der Waals surface area contributed by atoms with Gasteiger partial charge in [0.25, 0.3) is 0 Å².